The highest BCUT2D eigenvalue weighted by atomic mass is 16.2. The molecule has 1 aliphatic heterocycles. The summed E-state index contributed by atoms with van der Waals surface area (Å²) in [5.74, 6) is 0.718. The molecule has 0 saturated carbocycles. The monoisotopic (exact) mass is 273 g/mol. The van der Waals surface area contributed by atoms with Crippen LogP contribution < -0.4 is 5.32 Å². The summed E-state index contributed by atoms with van der Waals surface area (Å²) in [4.78, 5) is 14.1. The summed E-state index contributed by atoms with van der Waals surface area (Å²) < 4.78 is 1.72. The van der Waals surface area contributed by atoms with Gasteiger partial charge >= 0.3 is 6.03 Å². The summed E-state index contributed by atoms with van der Waals surface area (Å²) in [6.45, 7) is 3.90. The van der Waals surface area contributed by atoms with Crippen LogP contribution in [0.4, 0.5) is 10.5 Å². The highest BCUT2D eigenvalue weighted by Gasteiger charge is 2.20. The molecule has 0 bridgehead atoms. The molecule has 0 aliphatic carbocycles. The van der Waals surface area contributed by atoms with Crippen molar-refractivity contribution in [2.45, 2.75) is 19.8 Å². The zero-order chi connectivity index (χ0) is 14.1. The Bertz CT molecular complexity index is 628. The van der Waals surface area contributed by atoms with Crippen molar-refractivity contribution < 1.29 is 4.79 Å². The Morgan fingerprint density at radius 3 is 2.85 bits per heavy atom. The van der Waals surface area contributed by atoms with Gasteiger partial charge in [-0.1, -0.05) is 12.1 Å². The molecule has 0 spiro atoms. The summed E-state index contributed by atoms with van der Waals surface area (Å²) in [5, 5.41) is 11.0. The van der Waals surface area contributed by atoms with Crippen molar-refractivity contribution in [1.82, 2.24) is 19.9 Å². The van der Waals surface area contributed by atoms with Gasteiger partial charge in [-0.05, 0) is 37.0 Å². The van der Waals surface area contributed by atoms with Gasteiger partial charge in [0.05, 0.1) is 5.52 Å². The van der Waals surface area contributed by atoms with Crippen LogP contribution in [0, 0.1) is 5.92 Å². The van der Waals surface area contributed by atoms with E-state index >= 15 is 0 Å². The molecule has 6 nitrogen and oxygen atoms in total. The van der Waals surface area contributed by atoms with Crippen LogP contribution in [-0.4, -0.2) is 39.0 Å². The number of hydrogen-bond donors (Lipinski definition) is 1. The molecule has 2 amide bonds. The van der Waals surface area contributed by atoms with Crippen molar-refractivity contribution in [2.24, 2.45) is 13.0 Å². The van der Waals surface area contributed by atoms with E-state index in [1.165, 1.54) is 0 Å². The number of hydrogen-bond acceptors (Lipinski definition) is 3. The molecular weight excluding hydrogens is 254 g/mol. The number of nitrogens with one attached hydrogen (secondary N) is 1. The quantitative estimate of drug-likeness (QED) is 0.866. The molecule has 0 unspecified atom stereocenters. The fourth-order valence-electron chi connectivity index (χ4n) is 2.53. The van der Waals surface area contributed by atoms with E-state index in [1.807, 2.05) is 30.1 Å². The molecule has 106 valence electrons. The van der Waals surface area contributed by atoms with Crippen LogP contribution in [0.25, 0.3) is 11.0 Å². The van der Waals surface area contributed by atoms with E-state index in [1.54, 1.807) is 4.68 Å². The van der Waals surface area contributed by atoms with Crippen LogP contribution >= 0.6 is 0 Å². The summed E-state index contributed by atoms with van der Waals surface area (Å²) in [6.07, 6.45) is 2.16. The lowest BCUT2D eigenvalue weighted by atomic mass is 10.00. The number of aromatic nitrogens is 3. The average Bonchev–Trinajstić information content (AvgIpc) is 2.81. The van der Waals surface area contributed by atoms with E-state index in [-0.39, 0.29) is 6.03 Å². The Labute approximate surface area is 117 Å². The number of piperidine rings is 1. The van der Waals surface area contributed by atoms with Crippen LogP contribution in [0.5, 0.6) is 0 Å². The van der Waals surface area contributed by atoms with E-state index in [2.05, 4.69) is 22.6 Å². The summed E-state index contributed by atoms with van der Waals surface area (Å²) >= 11 is 0. The zero-order valence-corrected chi connectivity index (χ0v) is 11.8. The number of carbonyl (C=O) groups excluding carboxylic acids is 1. The van der Waals surface area contributed by atoms with Crippen LogP contribution in [0.1, 0.15) is 19.8 Å². The molecule has 1 aromatic heterocycles. The Balaban J connectivity index is 1.70. The maximum Gasteiger partial charge on any atom is 0.321 e. The minimum absolute atomic E-state index is 0.0276. The topological polar surface area (TPSA) is 63.1 Å². The number of aryl methyl sites for hydroxylation is 1. The molecule has 2 aromatic rings. The maximum absolute atomic E-state index is 12.2. The predicted molar refractivity (Wildman–Crippen MR) is 77.5 cm³/mol. The minimum atomic E-state index is -0.0276. The van der Waals surface area contributed by atoms with Gasteiger partial charge in [0.25, 0.3) is 0 Å². The van der Waals surface area contributed by atoms with Gasteiger partial charge in [-0.2, -0.15) is 0 Å². The van der Waals surface area contributed by atoms with Gasteiger partial charge in [0.15, 0.2) is 0 Å². The predicted octanol–water partition coefficient (Wildman–Crippen LogP) is 2.23. The van der Waals surface area contributed by atoms with E-state index in [0.717, 1.165) is 48.6 Å². The molecule has 6 heteroatoms. The van der Waals surface area contributed by atoms with Gasteiger partial charge in [0.1, 0.15) is 5.52 Å². The molecule has 20 heavy (non-hydrogen) atoms. The fourth-order valence-corrected chi connectivity index (χ4v) is 2.53. The van der Waals surface area contributed by atoms with Gasteiger partial charge in [-0.3, -0.25) is 0 Å². The molecule has 2 heterocycles. The van der Waals surface area contributed by atoms with Crippen molar-refractivity contribution in [2.75, 3.05) is 18.4 Å². The van der Waals surface area contributed by atoms with E-state index in [4.69, 9.17) is 0 Å². The Kier molecular flexibility index (Phi) is 3.30. The SMILES string of the molecule is CC1CCN(C(=O)Nc2ccc3c(c2)nnn3C)CC1. The van der Waals surface area contributed by atoms with Crippen LogP contribution in [0.15, 0.2) is 18.2 Å². The maximum atomic E-state index is 12.2. The third-order valence-electron chi connectivity index (χ3n) is 3.93. The van der Waals surface area contributed by atoms with Crippen LogP contribution in [-0.2, 0) is 7.05 Å². The standard InChI is InChI=1S/C14H19N5O/c1-10-5-7-19(8-6-10)14(20)15-11-3-4-13-12(9-11)16-17-18(13)2/h3-4,9-10H,5-8H2,1-2H3,(H,15,20). The smallest absolute Gasteiger partial charge is 0.321 e. The molecule has 1 saturated heterocycles. The van der Waals surface area contributed by atoms with Crippen molar-refractivity contribution in [3.8, 4) is 0 Å². The van der Waals surface area contributed by atoms with E-state index in [0.29, 0.717) is 0 Å². The summed E-state index contributed by atoms with van der Waals surface area (Å²) in [6, 6.07) is 5.63. The third-order valence-corrected chi connectivity index (χ3v) is 3.93. The molecule has 3 rings (SSSR count). The lowest BCUT2D eigenvalue weighted by Crippen LogP contribution is -2.40. The first-order valence-corrected chi connectivity index (χ1v) is 6.99. The molecule has 0 atom stereocenters. The van der Waals surface area contributed by atoms with Crippen LogP contribution in [0.2, 0.25) is 0 Å². The second kappa shape index (κ2) is 5.11. The largest absolute Gasteiger partial charge is 0.325 e. The second-order valence-corrected chi connectivity index (χ2v) is 5.52. The van der Waals surface area contributed by atoms with E-state index < -0.39 is 0 Å². The van der Waals surface area contributed by atoms with Crippen molar-refractivity contribution in [1.29, 1.82) is 0 Å². The van der Waals surface area contributed by atoms with Gasteiger partial charge < -0.3 is 10.2 Å². The van der Waals surface area contributed by atoms with E-state index in [9.17, 15) is 4.79 Å². The molecule has 1 N–H and O–H groups in total. The van der Waals surface area contributed by atoms with Gasteiger partial charge in [-0.15, -0.1) is 5.10 Å². The number of benzene rings is 1. The lowest BCUT2D eigenvalue weighted by molar-refractivity contribution is 0.186. The number of anilines is 1. The summed E-state index contributed by atoms with van der Waals surface area (Å²) in [7, 11) is 1.85. The first-order valence-electron chi connectivity index (χ1n) is 6.99. The normalized spacial score (nSPS) is 16.6. The number of rotatable bonds is 1. The average molecular weight is 273 g/mol. The number of amides is 2. The van der Waals surface area contributed by atoms with Crippen molar-refractivity contribution in [3.05, 3.63) is 18.2 Å². The van der Waals surface area contributed by atoms with Crippen molar-refractivity contribution in [3.63, 3.8) is 0 Å². The Morgan fingerprint density at radius 2 is 2.10 bits per heavy atom. The molecule has 1 aliphatic rings. The molecular formula is C14H19N5O. The Morgan fingerprint density at radius 1 is 1.35 bits per heavy atom. The lowest BCUT2D eigenvalue weighted by Gasteiger charge is -2.30. The van der Waals surface area contributed by atoms with Gasteiger partial charge in [-0.25, -0.2) is 9.48 Å². The molecule has 1 aromatic carbocycles. The third kappa shape index (κ3) is 2.45. The molecule has 0 radical (unpaired) electrons. The van der Waals surface area contributed by atoms with Gasteiger partial charge in [0, 0.05) is 25.8 Å². The Hall–Kier alpha value is -2.11. The van der Waals surface area contributed by atoms with Crippen molar-refractivity contribution >= 4 is 22.8 Å². The number of nitrogens with zero attached hydrogens (tertiary/aromatic N) is 4. The highest BCUT2D eigenvalue weighted by molar-refractivity contribution is 5.91. The summed E-state index contributed by atoms with van der Waals surface area (Å²) in [5.41, 5.74) is 2.51. The highest BCUT2D eigenvalue weighted by Crippen LogP contribution is 2.19. The second-order valence-electron chi connectivity index (χ2n) is 5.52. The zero-order valence-electron chi connectivity index (χ0n) is 11.8. The number of urea groups is 1. The fraction of sp³-hybridized carbons (Fsp3) is 0.500. The molecule has 1 fully saturated rings. The van der Waals surface area contributed by atoms with Crippen LogP contribution in [0.3, 0.4) is 0 Å². The van der Waals surface area contributed by atoms with Gasteiger partial charge in [0.2, 0.25) is 0 Å². The minimum Gasteiger partial charge on any atom is -0.325 e. The first kappa shape index (κ1) is 12.9. The first-order chi connectivity index (χ1) is 9.63. The number of fused-ring (bicyclic) bond motifs is 1. The number of carbonyl (C=O) groups is 1. The number of likely N-dealkylation sites (tertiary alicyclic amines) is 1.